The summed E-state index contributed by atoms with van der Waals surface area (Å²) < 4.78 is 37.0. The Morgan fingerprint density at radius 1 is 1.02 bits per heavy atom. The number of carbonyl (C=O) groups excluding carboxylic acids is 2. The van der Waals surface area contributed by atoms with Gasteiger partial charge in [0, 0.05) is 34.6 Å². The van der Waals surface area contributed by atoms with E-state index in [2.05, 4.69) is 22.0 Å². The monoisotopic (exact) mass is 662 g/mol. The van der Waals surface area contributed by atoms with E-state index in [0.29, 0.717) is 32.1 Å². The summed E-state index contributed by atoms with van der Waals surface area (Å²) in [6, 6.07) is 8.77. The Morgan fingerprint density at radius 3 is 2.20 bits per heavy atom. The lowest BCUT2D eigenvalue weighted by Gasteiger charge is -2.37. The number of benzene rings is 2. The molecule has 45 heavy (non-hydrogen) atoms. The molecular weight excluding hydrogens is 621 g/mol. The number of nitriles is 1. The van der Waals surface area contributed by atoms with Crippen LogP contribution in [-0.4, -0.2) is 41.8 Å². The number of alkyl carbamates (subject to hydrolysis) is 1. The maximum absolute atomic E-state index is 15.9. The standard InChI is InChI=1S/C34H42Cl2F2N4O3/c1-32(2,3)17-26-34(18-39,23-15-10-19(35)16-25(23)37)27(22-8-7-9-24(36)28(22)38)29(42-26)30(43)40-20-11-13-21(14-12-20)41-31(44)45-33(4,5)6/h7-10,15-16,20-21,26-27,29,42H,11-14,17H2,1-6H3,(H,40,43)(H,41,44). The molecule has 4 unspecified atom stereocenters. The van der Waals surface area contributed by atoms with Crippen LogP contribution in [0.5, 0.6) is 0 Å². The van der Waals surface area contributed by atoms with Crippen molar-refractivity contribution in [3.8, 4) is 6.07 Å². The Morgan fingerprint density at radius 2 is 1.64 bits per heavy atom. The molecule has 4 atom stereocenters. The van der Waals surface area contributed by atoms with Crippen LogP contribution in [0.3, 0.4) is 0 Å². The fourth-order valence-corrected chi connectivity index (χ4v) is 7.04. The maximum atomic E-state index is 15.9. The first-order valence-electron chi connectivity index (χ1n) is 15.3. The Hall–Kier alpha value is -2.93. The van der Waals surface area contributed by atoms with Gasteiger partial charge in [0.25, 0.3) is 0 Å². The van der Waals surface area contributed by atoms with Gasteiger partial charge in [0.1, 0.15) is 22.7 Å². The highest BCUT2D eigenvalue weighted by molar-refractivity contribution is 6.31. The van der Waals surface area contributed by atoms with Gasteiger partial charge < -0.3 is 20.7 Å². The molecular formula is C34H42Cl2F2N4O3. The third-order valence-corrected chi connectivity index (χ3v) is 9.05. The van der Waals surface area contributed by atoms with Crippen molar-refractivity contribution in [2.75, 3.05) is 0 Å². The smallest absolute Gasteiger partial charge is 0.407 e. The van der Waals surface area contributed by atoms with Gasteiger partial charge in [-0.15, -0.1) is 0 Å². The molecule has 1 aliphatic heterocycles. The molecule has 2 aromatic rings. The molecule has 1 saturated carbocycles. The highest BCUT2D eigenvalue weighted by Crippen LogP contribution is 2.52. The van der Waals surface area contributed by atoms with E-state index in [1.165, 1.54) is 24.3 Å². The maximum Gasteiger partial charge on any atom is 0.407 e. The predicted molar refractivity (Wildman–Crippen MR) is 171 cm³/mol. The summed E-state index contributed by atoms with van der Waals surface area (Å²) in [5, 5.41) is 20.3. The van der Waals surface area contributed by atoms with Crippen molar-refractivity contribution in [3.63, 3.8) is 0 Å². The number of carbonyl (C=O) groups is 2. The topological polar surface area (TPSA) is 103 Å². The van der Waals surface area contributed by atoms with Crippen LogP contribution in [0.1, 0.15) is 90.7 Å². The van der Waals surface area contributed by atoms with Crippen molar-refractivity contribution in [1.29, 1.82) is 5.26 Å². The minimum Gasteiger partial charge on any atom is -0.444 e. The second-order valence-electron chi connectivity index (χ2n) is 14.4. The van der Waals surface area contributed by atoms with Crippen molar-refractivity contribution >= 4 is 35.2 Å². The SMILES string of the molecule is CC(C)(C)CC1NC(C(=O)NC2CCC(NC(=O)OC(C)(C)C)CC2)C(c2cccc(Cl)c2F)C1(C#N)c1ccc(Cl)cc1F. The van der Waals surface area contributed by atoms with E-state index >= 15 is 8.78 Å². The van der Waals surface area contributed by atoms with Crippen LogP contribution >= 0.6 is 23.2 Å². The van der Waals surface area contributed by atoms with Gasteiger partial charge in [-0.25, -0.2) is 13.6 Å². The molecule has 3 N–H and O–H groups in total. The molecule has 0 spiro atoms. The van der Waals surface area contributed by atoms with E-state index in [1.54, 1.807) is 26.8 Å². The molecule has 244 valence electrons. The second-order valence-corrected chi connectivity index (χ2v) is 15.2. The molecule has 0 aromatic heterocycles. The molecule has 7 nitrogen and oxygen atoms in total. The van der Waals surface area contributed by atoms with Crippen LogP contribution in [-0.2, 0) is 14.9 Å². The van der Waals surface area contributed by atoms with Crippen molar-refractivity contribution < 1.29 is 23.1 Å². The number of hydrogen-bond acceptors (Lipinski definition) is 5. The zero-order valence-electron chi connectivity index (χ0n) is 26.6. The van der Waals surface area contributed by atoms with Crippen LogP contribution in [0.15, 0.2) is 36.4 Å². The molecule has 2 fully saturated rings. The fraction of sp³-hybridized carbons (Fsp3) is 0.559. The zero-order valence-corrected chi connectivity index (χ0v) is 28.1. The molecule has 11 heteroatoms. The van der Waals surface area contributed by atoms with Crippen LogP contribution < -0.4 is 16.0 Å². The number of nitrogens with one attached hydrogen (secondary N) is 3. The number of ether oxygens (including phenoxy) is 1. The second kappa shape index (κ2) is 13.4. The summed E-state index contributed by atoms with van der Waals surface area (Å²) in [6.45, 7) is 11.4. The minimum absolute atomic E-state index is 0.0320. The Balaban J connectivity index is 1.69. The van der Waals surface area contributed by atoms with Gasteiger partial charge in [-0.1, -0.05) is 62.2 Å². The van der Waals surface area contributed by atoms with Gasteiger partial charge in [0.15, 0.2) is 0 Å². The normalized spacial score (nSPS) is 27.0. The van der Waals surface area contributed by atoms with Gasteiger partial charge in [-0.3, -0.25) is 4.79 Å². The molecule has 2 amide bonds. The summed E-state index contributed by atoms with van der Waals surface area (Å²) in [6.07, 6.45) is 2.33. The van der Waals surface area contributed by atoms with Crippen molar-refractivity contribution in [2.24, 2.45) is 5.41 Å². The zero-order chi connectivity index (χ0) is 33.3. The summed E-state index contributed by atoms with van der Waals surface area (Å²) in [4.78, 5) is 26.4. The summed E-state index contributed by atoms with van der Waals surface area (Å²) in [5.41, 5.74) is -2.56. The Bertz CT molecular complexity index is 1460. The van der Waals surface area contributed by atoms with Gasteiger partial charge in [0.05, 0.1) is 17.1 Å². The first-order valence-corrected chi connectivity index (χ1v) is 16.1. The first-order chi connectivity index (χ1) is 20.9. The molecule has 0 radical (unpaired) electrons. The van der Waals surface area contributed by atoms with Crippen LogP contribution in [0.2, 0.25) is 10.0 Å². The molecule has 1 saturated heterocycles. The van der Waals surface area contributed by atoms with E-state index in [1.807, 2.05) is 20.8 Å². The van der Waals surface area contributed by atoms with Crippen molar-refractivity contribution in [1.82, 2.24) is 16.0 Å². The highest BCUT2D eigenvalue weighted by Gasteiger charge is 2.61. The molecule has 0 bridgehead atoms. The van der Waals surface area contributed by atoms with Crippen molar-refractivity contribution in [3.05, 3.63) is 69.2 Å². The Labute approximate surface area is 274 Å². The third kappa shape index (κ3) is 7.90. The quantitative estimate of drug-likeness (QED) is 0.296. The minimum atomic E-state index is -1.69. The number of amides is 2. The predicted octanol–water partition coefficient (Wildman–Crippen LogP) is 7.55. The molecule has 1 heterocycles. The molecule has 2 aliphatic rings. The molecule has 4 rings (SSSR count). The van der Waals surface area contributed by atoms with E-state index in [-0.39, 0.29) is 38.7 Å². The summed E-state index contributed by atoms with van der Waals surface area (Å²) in [5.74, 6) is -3.03. The van der Waals surface area contributed by atoms with E-state index in [4.69, 9.17) is 27.9 Å². The fourth-order valence-electron chi connectivity index (χ4n) is 6.70. The molecule has 1 aliphatic carbocycles. The van der Waals surface area contributed by atoms with E-state index in [9.17, 15) is 14.9 Å². The van der Waals surface area contributed by atoms with Crippen LogP contribution in [0, 0.1) is 28.4 Å². The summed E-state index contributed by atoms with van der Waals surface area (Å²) >= 11 is 12.3. The summed E-state index contributed by atoms with van der Waals surface area (Å²) in [7, 11) is 0. The van der Waals surface area contributed by atoms with Gasteiger partial charge >= 0.3 is 6.09 Å². The van der Waals surface area contributed by atoms with Gasteiger partial charge in [-0.05, 0) is 82.1 Å². The van der Waals surface area contributed by atoms with Crippen LogP contribution in [0.4, 0.5) is 13.6 Å². The third-order valence-electron chi connectivity index (χ3n) is 8.53. The highest BCUT2D eigenvalue weighted by atomic mass is 35.5. The molecule has 2 aromatic carbocycles. The van der Waals surface area contributed by atoms with Crippen LogP contribution in [0.25, 0.3) is 0 Å². The Kier molecular flexibility index (Phi) is 10.4. The van der Waals surface area contributed by atoms with Gasteiger partial charge in [-0.2, -0.15) is 5.26 Å². The first kappa shape index (κ1) is 34.9. The number of nitrogens with zero attached hydrogens (tertiary/aromatic N) is 1. The number of rotatable bonds is 6. The lowest BCUT2D eigenvalue weighted by Crippen LogP contribution is -2.50. The lowest BCUT2D eigenvalue weighted by molar-refractivity contribution is -0.124. The van der Waals surface area contributed by atoms with Gasteiger partial charge in [0.2, 0.25) is 5.91 Å². The van der Waals surface area contributed by atoms with E-state index < -0.39 is 52.7 Å². The largest absolute Gasteiger partial charge is 0.444 e. The van der Waals surface area contributed by atoms with E-state index in [0.717, 1.165) is 6.07 Å². The number of hydrogen-bond donors (Lipinski definition) is 3. The lowest BCUT2D eigenvalue weighted by atomic mass is 9.62. The number of halogens is 4. The average molecular weight is 664 g/mol. The average Bonchev–Trinajstić information content (AvgIpc) is 3.23. The van der Waals surface area contributed by atoms with Crippen molar-refractivity contribution in [2.45, 2.75) is 115 Å².